The van der Waals surface area contributed by atoms with Gasteiger partial charge in [-0.1, -0.05) is 32.0 Å². The summed E-state index contributed by atoms with van der Waals surface area (Å²) >= 11 is 0. The summed E-state index contributed by atoms with van der Waals surface area (Å²) in [6, 6.07) is 7.90. The molecule has 0 atom stereocenters. The van der Waals surface area contributed by atoms with Gasteiger partial charge in [0.05, 0.1) is 11.0 Å². The molecular formula is C18H25N7O. The molecule has 26 heavy (non-hydrogen) atoms. The van der Waals surface area contributed by atoms with Crippen LogP contribution in [0.4, 0.5) is 5.82 Å². The average Bonchev–Trinajstić information content (AvgIpc) is 2.92. The van der Waals surface area contributed by atoms with E-state index >= 15 is 0 Å². The summed E-state index contributed by atoms with van der Waals surface area (Å²) in [5, 5.41) is 11.3. The van der Waals surface area contributed by atoms with Crippen LogP contribution in [0.2, 0.25) is 0 Å². The Morgan fingerprint density at radius 1 is 1.31 bits per heavy atom. The summed E-state index contributed by atoms with van der Waals surface area (Å²) in [6.07, 6.45) is 0. The van der Waals surface area contributed by atoms with Gasteiger partial charge >= 0.3 is 0 Å². The Morgan fingerprint density at radius 3 is 2.73 bits per heavy atom. The van der Waals surface area contributed by atoms with Crippen molar-refractivity contribution >= 4 is 33.7 Å². The summed E-state index contributed by atoms with van der Waals surface area (Å²) in [5.41, 5.74) is 13.9. The van der Waals surface area contributed by atoms with Gasteiger partial charge in [-0.25, -0.2) is 9.97 Å². The van der Waals surface area contributed by atoms with Crippen molar-refractivity contribution in [3.8, 4) is 0 Å². The first-order valence-electron chi connectivity index (χ1n) is 8.42. The minimum absolute atomic E-state index is 0.0374. The minimum Gasteiger partial charge on any atom is -0.382 e. The second-order valence-electron chi connectivity index (χ2n) is 7.19. The van der Waals surface area contributed by atoms with E-state index in [0.29, 0.717) is 31.0 Å². The summed E-state index contributed by atoms with van der Waals surface area (Å²) in [4.78, 5) is 9.17. The lowest BCUT2D eigenvalue weighted by atomic mass is 9.93. The zero-order valence-electron chi connectivity index (χ0n) is 15.3. The van der Waals surface area contributed by atoms with Crippen LogP contribution >= 0.6 is 0 Å². The maximum Gasteiger partial charge on any atom is 0.185 e. The van der Waals surface area contributed by atoms with Gasteiger partial charge in [-0.2, -0.15) is 0 Å². The van der Waals surface area contributed by atoms with Gasteiger partial charge in [0.15, 0.2) is 11.8 Å². The van der Waals surface area contributed by atoms with Gasteiger partial charge in [0.2, 0.25) is 0 Å². The number of nitrogens with one attached hydrogen (secondary N) is 2. The van der Waals surface area contributed by atoms with Gasteiger partial charge in [-0.15, -0.1) is 0 Å². The van der Waals surface area contributed by atoms with E-state index in [4.69, 9.17) is 26.6 Å². The third-order valence-corrected chi connectivity index (χ3v) is 4.31. The van der Waals surface area contributed by atoms with Crippen LogP contribution in [0.1, 0.15) is 19.7 Å². The van der Waals surface area contributed by atoms with Crippen molar-refractivity contribution in [2.45, 2.75) is 27.0 Å². The van der Waals surface area contributed by atoms with E-state index in [9.17, 15) is 0 Å². The van der Waals surface area contributed by atoms with E-state index in [1.54, 1.807) is 7.11 Å². The number of methoxy groups -OCH3 is 1. The Kier molecular flexibility index (Phi) is 4.69. The molecule has 0 aliphatic heterocycles. The van der Waals surface area contributed by atoms with Crippen LogP contribution in [-0.2, 0) is 17.9 Å². The molecule has 0 aliphatic rings. The quantitative estimate of drug-likeness (QED) is 0.394. The lowest BCUT2D eigenvalue weighted by Gasteiger charge is -2.27. The van der Waals surface area contributed by atoms with Crippen LogP contribution in [0.3, 0.4) is 0 Å². The van der Waals surface area contributed by atoms with E-state index in [2.05, 4.69) is 28.7 Å². The van der Waals surface area contributed by atoms with Crippen LogP contribution in [0.25, 0.3) is 21.9 Å². The SMILES string of the molecule is COCc1nc2c(N)nc3ccccc3c2n1CC(C)(C)CNC(=N)N. The predicted molar refractivity (Wildman–Crippen MR) is 104 cm³/mol. The monoisotopic (exact) mass is 355 g/mol. The summed E-state index contributed by atoms with van der Waals surface area (Å²) in [6.45, 7) is 5.82. The minimum atomic E-state index is -0.180. The normalized spacial score (nSPS) is 12.0. The first-order valence-corrected chi connectivity index (χ1v) is 8.42. The van der Waals surface area contributed by atoms with Crippen LogP contribution in [-0.4, -0.2) is 34.1 Å². The number of aromatic nitrogens is 3. The lowest BCUT2D eigenvalue weighted by molar-refractivity contribution is 0.171. The van der Waals surface area contributed by atoms with Crippen LogP contribution in [0.15, 0.2) is 24.3 Å². The fourth-order valence-electron chi connectivity index (χ4n) is 3.13. The zero-order valence-corrected chi connectivity index (χ0v) is 15.3. The second-order valence-corrected chi connectivity index (χ2v) is 7.19. The molecule has 0 fully saturated rings. The second kappa shape index (κ2) is 6.80. The lowest BCUT2D eigenvalue weighted by Crippen LogP contribution is -2.39. The molecule has 0 bridgehead atoms. The molecule has 0 radical (unpaired) electrons. The molecule has 8 heteroatoms. The molecule has 0 saturated heterocycles. The van der Waals surface area contributed by atoms with Crippen LogP contribution in [0.5, 0.6) is 0 Å². The Morgan fingerprint density at radius 2 is 2.04 bits per heavy atom. The smallest absolute Gasteiger partial charge is 0.185 e. The number of nitrogens with two attached hydrogens (primary N) is 2. The van der Waals surface area contributed by atoms with E-state index in [1.165, 1.54) is 0 Å². The summed E-state index contributed by atoms with van der Waals surface area (Å²) < 4.78 is 7.49. The number of hydrogen-bond acceptors (Lipinski definition) is 5. The van der Waals surface area contributed by atoms with Crippen molar-refractivity contribution in [2.24, 2.45) is 11.1 Å². The predicted octanol–water partition coefficient (Wildman–Crippen LogP) is 1.82. The molecule has 8 nitrogen and oxygen atoms in total. The molecule has 2 heterocycles. The molecule has 3 rings (SSSR count). The Hall–Kier alpha value is -2.87. The third-order valence-electron chi connectivity index (χ3n) is 4.31. The standard InChI is InChI=1S/C18H25N7O/c1-18(2,9-22-17(20)21)10-25-13(8-26-3)24-14-15(25)11-6-4-5-7-12(11)23-16(14)19/h4-7H,8-10H2,1-3H3,(H2,19,23)(H4,20,21,22). The van der Waals surface area contributed by atoms with Gasteiger partial charge in [-0.3, -0.25) is 5.41 Å². The van der Waals surface area contributed by atoms with Crippen molar-refractivity contribution in [1.82, 2.24) is 19.9 Å². The summed E-state index contributed by atoms with van der Waals surface area (Å²) in [5.74, 6) is 1.17. The van der Waals surface area contributed by atoms with Crippen molar-refractivity contribution in [3.63, 3.8) is 0 Å². The van der Waals surface area contributed by atoms with Crippen molar-refractivity contribution in [1.29, 1.82) is 5.41 Å². The van der Waals surface area contributed by atoms with Gasteiger partial charge in [0.25, 0.3) is 0 Å². The highest BCUT2D eigenvalue weighted by atomic mass is 16.5. The average molecular weight is 355 g/mol. The molecule has 3 aromatic rings. The van der Waals surface area contributed by atoms with E-state index < -0.39 is 0 Å². The highest BCUT2D eigenvalue weighted by Crippen LogP contribution is 2.31. The first-order chi connectivity index (χ1) is 12.3. The van der Waals surface area contributed by atoms with Crippen LogP contribution < -0.4 is 16.8 Å². The molecule has 0 aliphatic carbocycles. The molecule has 0 saturated carbocycles. The van der Waals surface area contributed by atoms with E-state index in [-0.39, 0.29) is 11.4 Å². The number of fused-ring (bicyclic) bond motifs is 3. The summed E-state index contributed by atoms with van der Waals surface area (Å²) in [7, 11) is 1.64. The molecule has 138 valence electrons. The maximum absolute atomic E-state index is 7.40. The first kappa shape index (κ1) is 17.9. The van der Waals surface area contributed by atoms with Gasteiger partial charge in [-0.05, 0) is 6.07 Å². The number of imidazole rings is 1. The van der Waals surface area contributed by atoms with E-state index in [1.807, 2.05) is 24.3 Å². The third kappa shape index (κ3) is 3.41. The fraction of sp³-hybridized carbons (Fsp3) is 0.389. The van der Waals surface area contributed by atoms with E-state index in [0.717, 1.165) is 22.2 Å². The topological polar surface area (TPSA) is 128 Å². The van der Waals surface area contributed by atoms with Crippen molar-refractivity contribution < 1.29 is 4.74 Å². The molecule has 2 aromatic heterocycles. The molecule has 0 spiro atoms. The number of ether oxygens (including phenoxy) is 1. The maximum atomic E-state index is 7.40. The molecule has 6 N–H and O–H groups in total. The number of nitrogen functional groups attached to an aromatic ring is 1. The number of rotatable bonds is 6. The number of nitrogens with zero attached hydrogens (tertiary/aromatic N) is 3. The molecule has 0 amide bonds. The van der Waals surface area contributed by atoms with Gasteiger partial charge < -0.3 is 26.1 Å². The molecular weight excluding hydrogens is 330 g/mol. The highest BCUT2D eigenvalue weighted by molar-refractivity contribution is 6.06. The Bertz CT molecular complexity index is 961. The Labute approximate surface area is 152 Å². The zero-order chi connectivity index (χ0) is 18.9. The Balaban J connectivity index is 2.18. The van der Waals surface area contributed by atoms with Gasteiger partial charge in [0.1, 0.15) is 17.9 Å². The molecule has 0 unspecified atom stereocenters. The van der Waals surface area contributed by atoms with Crippen molar-refractivity contribution in [3.05, 3.63) is 30.1 Å². The fourth-order valence-corrected chi connectivity index (χ4v) is 3.13. The number of anilines is 1. The number of guanidine groups is 1. The highest BCUT2D eigenvalue weighted by Gasteiger charge is 2.24. The molecule has 1 aromatic carbocycles. The number of para-hydroxylation sites is 1. The van der Waals surface area contributed by atoms with Gasteiger partial charge in [0, 0.05) is 31.0 Å². The van der Waals surface area contributed by atoms with Crippen LogP contribution in [0, 0.1) is 10.8 Å². The number of pyridine rings is 1. The number of hydrogen-bond donors (Lipinski definition) is 4. The largest absolute Gasteiger partial charge is 0.382 e. The number of benzene rings is 1. The van der Waals surface area contributed by atoms with Crippen molar-refractivity contribution in [2.75, 3.05) is 19.4 Å².